The number of fused-ring (bicyclic) bond motifs is 1. The van der Waals surface area contributed by atoms with E-state index in [1.54, 1.807) is 43.0 Å². The van der Waals surface area contributed by atoms with E-state index in [2.05, 4.69) is 0 Å². The van der Waals surface area contributed by atoms with Gasteiger partial charge in [-0.3, -0.25) is 19.3 Å². The third kappa shape index (κ3) is 4.37. The highest BCUT2D eigenvalue weighted by Crippen LogP contribution is 2.28. The van der Waals surface area contributed by atoms with Gasteiger partial charge in [0.25, 0.3) is 22.0 Å². The summed E-state index contributed by atoms with van der Waals surface area (Å²) >= 11 is 0. The quantitative estimate of drug-likeness (QED) is 0.563. The summed E-state index contributed by atoms with van der Waals surface area (Å²) in [6.07, 6.45) is -0.374. The molecule has 3 unspecified atom stereocenters. The number of carbonyl (C=O) groups excluding carboxylic acids is 3. The molecule has 3 heterocycles. The van der Waals surface area contributed by atoms with Crippen LogP contribution in [0.3, 0.4) is 0 Å². The number of hydrogen-bond acceptors (Lipinski definition) is 6. The smallest absolute Gasteiger partial charge is 0.282 e. The molecular weight excluding hydrogens is 460 g/mol. The molecule has 0 bridgehead atoms. The Morgan fingerprint density at radius 3 is 1.88 bits per heavy atom. The molecule has 2 fully saturated rings. The number of rotatable bonds is 5. The number of ether oxygens (including phenoxy) is 1. The Kier molecular flexibility index (Phi) is 6.83. The van der Waals surface area contributed by atoms with Crippen molar-refractivity contribution in [2.75, 3.05) is 39.3 Å². The van der Waals surface area contributed by atoms with Crippen LogP contribution in [0.2, 0.25) is 0 Å². The molecule has 0 N–H and O–H groups in total. The molecule has 2 saturated heterocycles. The van der Waals surface area contributed by atoms with E-state index >= 15 is 0 Å². The van der Waals surface area contributed by atoms with Gasteiger partial charge in [0.15, 0.2) is 0 Å². The van der Waals surface area contributed by atoms with Crippen LogP contribution in [0.4, 0.5) is 0 Å². The molecule has 34 heavy (non-hydrogen) atoms. The van der Waals surface area contributed by atoms with Gasteiger partial charge >= 0.3 is 0 Å². The van der Waals surface area contributed by atoms with Crippen LogP contribution in [-0.4, -0.2) is 102 Å². The van der Waals surface area contributed by atoms with Crippen LogP contribution in [0.15, 0.2) is 24.3 Å². The normalized spacial score (nSPS) is 25.7. The van der Waals surface area contributed by atoms with Gasteiger partial charge in [0.1, 0.15) is 6.04 Å². The Labute approximate surface area is 200 Å². The Balaban J connectivity index is 1.46. The number of imide groups is 1. The van der Waals surface area contributed by atoms with Crippen LogP contribution in [0.1, 0.15) is 48.4 Å². The summed E-state index contributed by atoms with van der Waals surface area (Å²) in [5.41, 5.74) is 0.603. The monoisotopic (exact) mass is 492 g/mol. The first-order valence-corrected chi connectivity index (χ1v) is 13.1. The van der Waals surface area contributed by atoms with Crippen LogP contribution in [0.5, 0.6) is 0 Å². The molecule has 0 radical (unpaired) electrons. The van der Waals surface area contributed by atoms with E-state index < -0.39 is 28.1 Å². The lowest BCUT2D eigenvalue weighted by Gasteiger charge is -2.41. The Bertz CT molecular complexity index is 1040. The highest BCUT2D eigenvalue weighted by Gasteiger charge is 2.46. The maximum Gasteiger partial charge on any atom is 0.282 e. The number of nitrogens with zero attached hydrogens (tertiary/aromatic N) is 4. The minimum atomic E-state index is -3.68. The van der Waals surface area contributed by atoms with E-state index in [1.807, 2.05) is 13.8 Å². The molecule has 1 aromatic rings. The van der Waals surface area contributed by atoms with Crippen molar-refractivity contribution in [1.82, 2.24) is 18.4 Å². The maximum atomic E-state index is 13.5. The van der Waals surface area contributed by atoms with Crippen LogP contribution in [-0.2, 0) is 19.7 Å². The second kappa shape index (κ2) is 9.37. The first kappa shape index (κ1) is 24.8. The second-order valence-corrected chi connectivity index (χ2v) is 11.4. The van der Waals surface area contributed by atoms with Crippen LogP contribution >= 0.6 is 0 Å². The topological polar surface area (TPSA) is 108 Å². The summed E-state index contributed by atoms with van der Waals surface area (Å²) < 4.78 is 34.8. The largest absolute Gasteiger partial charge is 0.373 e. The molecule has 0 aliphatic carbocycles. The van der Waals surface area contributed by atoms with Crippen LogP contribution < -0.4 is 0 Å². The van der Waals surface area contributed by atoms with Crippen molar-refractivity contribution in [1.29, 1.82) is 0 Å². The number of carbonyl (C=O) groups is 3. The fourth-order valence-corrected chi connectivity index (χ4v) is 6.71. The Morgan fingerprint density at radius 1 is 0.912 bits per heavy atom. The summed E-state index contributed by atoms with van der Waals surface area (Å²) in [5.74, 6) is -1.57. The van der Waals surface area contributed by atoms with Gasteiger partial charge in [0.05, 0.1) is 23.3 Å². The molecule has 0 saturated carbocycles. The fraction of sp³-hybridized carbons (Fsp3) is 0.609. The summed E-state index contributed by atoms with van der Waals surface area (Å²) in [7, 11) is -3.68. The zero-order chi connectivity index (χ0) is 24.8. The van der Waals surface area contributed by atoms with Gasteiger partial charge in [-0.25, -0.2) is 0 Å². The van der Waals surface area contributed by atoms with E-state index in [9.17, 15) is 22.8 Å². The van der Waals surface area contributed by atoms with Crippen molar-refractivity contribution in [3.05, 3.63) is 35.4 Å². The minimum Gasteiger partial charge on any atom is -0.373 e. The second-order valence-electron chi connectivity index (χ2n) is 9.52. The number of amides is 3. The highest BCUT2D eigenvalue weighted by atomic mass is 32.2. The summed E-state index contributed by atoms with van der Waals surface area (Å²) in [4.78, 5) is 42.1. The van der Waals surface area contributed by atoms with Gasteiger partial charge in [0.2, 0.25) is 5.91 Å². The van der Waals surface area contributed by atoms with Gasteiger partial charge < -0.3 is 9.64 Å². The molecule has 0 aromatic heterocycles. The van der Waals surface area contributed by atoms with Gasteiger partial charge in [0, 0.05) is 39.3 Å². The van der Waals surface area contributed by atoms with Gasteiger partial charge in [-0.15, -0.1) is 0 Å². The molecule has 186 valence electrons. The maximum absolute atomic E-state index is 13.5. The van der Waals surface area contributed by atoms with Crippen molar-refractivity contribution < 1.29 is 27.5 Å². The van der Waals surface area contributed by atoms with Gasteiger partial charge in [-0.05, 0) is 31.9 Å². The predicted octanol–water partition coefficient (Wildman–Crippen LogP) is 0.805. The zero-order valence-corrected chi connectivity index (χ0v) is 20.8. The predicted molar refractivity (Wildman–Crippen MR) is 124 cm³/mol. The number of benzene rings is 1. The lowest BCUT2D eigenvalue weighted by Crippen LogP contribution is -2.60. The molecule has 11 heteroatoms. The molecule has 3 aliphatic rings. The summed E-state index contributed by atoms with van der Waals surface area (Å²) in [6, 6.07) is 5.62. The first-order valence-electron chi connectivity index (χ1n) is 11.7. The van der Waals surface area contributed by atoms with Crippen molar-refractivity contribution in [2.45, 2.75) is 45.9 Å². The van der Waals surface area contributed by atoms with Crippen molar-refractivity contribution in [3.8, 4) is 0 Å². The molecule has 10 nitrogen and oxygen atoms in total. The van der Waals surface area contributed by atoms with Crippen LogP contribution in [0.25, 0.3) is 0 Å². The standard InChI is InChI=1S/C23H32N4O6S/c1-15(2)20(27-21(28)18-7-5-6-8-19(18)22(27)29)23(30)24-9-11-25(12-10-24)34(31,32)26-13-16(3)33-17(4)14-26/h5-8,15-17,20H,9-14H2,1-4H3. The molecule has 3 amide bonds. The average molecular weight is 493 g/mol. The van der Waals surface area contributed by atoms with Gasteiger partial charge in [-0.2, -0.15) is 17.0 Å². The lowest BCUT2D eigenvalue weighted by molar-refractivity contribution is -0.138. The summed E-state index contributed by atoms with van der Waals surface area (Å²) in [6.45, 7) is 8.57. The molecule has 1 aromatic carbocycles. The molecule has 3 atom stereocenters. The van der Waals surface area contributed by atoms with E-state index in [-0.39, 0.29) is 50.2 Å². The fourth-order valence-electron chi connectivity index (χ4n) is 4.96. The number of hydrogen-bond donors (Lipinski definition) is 0. The van der Waals surface area contributed by atoms with Crippen molar-refractivity contribution in [3.63, 3.8) is 0 Å². The Morgan fingerprint density at radius 2 is 1.41 bits per heavy atom. The first-order chi connectivity index (χ1) is 16.0. The third-order valence-corrected chi connectivity index (χ3v) is 8.55. The van der Waals surface area contributed by atoms with E-state index in [0.717, 1.165) is 4.90 Å². The van der Waals surface area contributed by atoms with E-state index in [0.29, 0.717) is 24.2 Å². The number of morpholine rings is 1. The number of piperazine rings is 1. The third-order valence-electron chi connectivity index (χ3n) is 6.58. The summed E-state index contributed by atoms with van der Waals surface area (Å²) in [5, 5.41) is 0. The SMILES string of the molecule is CC1CN(S(=O)(=O)N2CCN(C(=O)C(C(C)C)N3C(=O)c4ccccc4C3=O)CC2)CC(C)O1. The van der Waals surface area contributed by atoms with Crippen molar-refractivity contribution >= 4 is 27.9 Å². The zero-order valence-electron chi connectivity index (χ0n) is 20.0. The average Bonchev–Trinajstić information content (AvgIpc) is 3.04. The highest BCUT2D eigenvalue weighted by molar-refractivity contribution is 7.86. The Hall–Kier alpha value is -2.34. The van der Waals surface area contributed by atoms with Crippen LogP contribution in [0, 0.1) is 5.92 Å². The molecule has 3 aliphatic heterocycles. The molecule has 0 spiro atoms. The van der Waals surface area contributed by atoms with E-state index in [1.165, 1.54) is 8.61 Å². The van der Waals surface area contributed by atoms with Crippen molar-refractivity contribution in [2.24, 2.45) is 5.92 Å². The minimum absolute atomic E-state index is 0.154. The molecule has 4 rings (SSSR count). The molecular formula is C23H32N4O6S. The van der Waals surface area contributed by atoms with Gasteiger partial charge in [-0.1, -0.05) is 26.0 Å². The van der Waals surface area contributed by atoms with E-state index in [4.69, 9.17) is 4.74 Å². The lowest BCUT2D eigenvalue weighted by atomic mass is 10.0.